The van der Waals surface area contributed by atoms with Crippen molar-refractivity contribution in [1.29, 1.82) is 0 Å². The molecule has 66 heavy (non-hydrogen) atoms. The molecule has 7 rings (SSSR count). The summed E-state index contributed by atoms with van der Waals surface area (Å²) >= 11 is 0.978. The second-order valence-corrected chi connectivity index (χ2v) is 21.9. The first-order valence-corrected chi connectivity index (χ1v) is 25.8. The summed E-state index contributed by atoms with van der Waals surface area (Å²) in [5.41, 5.74) is 0.136. The molecule has 17 heteroatoms. The summed E-state index contributed by atoms with van der Waals surface area (Å²) < 4.78 is 111. The van der Waals surface area contributed by atoms with E-state index in [0.717, 1.165) is 64.2 Å². The number of rotatable bonds is 17. The molecule has 1 saturated carbocycles. The van der Waals surface area contributed by atoms with Crippen LogP contribution < -0.4 is 9.80 Å². The number of anilines is 2. The number of alkyl halides is 3. The van der Waals surface area contributed by atoms with Gasteiger partial charge in [0.05, 0.1) is 5.75 Å². The van der Waals surface area contributed by atoms with Crippen molar-refractivity contribution in [2.24, 2.45) is 0 Å². The Morgan fingerprint density at radius 2 is 1.23 bits per heavy atom. The van der Waals surface area contributed by atoms with Crippen LogP contribution in [-0.2, 0) is 46.9 Å². The number of unbranched alkanes of at least 4 members (excludes halogenated alkanes) is 2. The van der Waals surface area contributed by atoms with Gasteiger partial charge in [0.25, 0.3) is 10.1 Å². The Hall–Kier alpha value is -4.75. The molecule has 0 amide bonds. The fourth-order valence-electron chi connectivity index (χ4n) is 9.52. The van der Waals surface area contributed by atoms with Gasteiger partial charge in [0.15, 0.2) is 6.54 Å². The van der Waals surface area contributed by atoms with Crippen LogP contribution in [0.3, 0.4) is 0 Å². The molecule has 352 valence electrons. The zero-order valence-corrected chi connectivity index (χ0v) is 39.7. The summed E-state index contributed by atoms with van der Waals surface area (Å²) in [5, 5.41) is 13.6. The lowest BCUT2D eigenvalue weighted by Gasteiger charge is -2.27. The van der Waals surface area contributed by atoms with E-state index in [0.29, 0.717) is 51.3 Å². The number of benzene rings is 4. The van der Waals surface area contributed by atoms with E-state index >= 15 is 13.2 Å². The Labute approximate surface area is 389 Å². The van der Waals surface area contributed by atoms with E-state index < -0.39 is 48.8 Å². The molecule has 1 aliphatic carbocycles. The van der Waals surface area contributed by atoms with Crippen LogP contribution in [0.4, 0.5) is 24.5 Å². The number of fused-ring (bicyclic) bond motifs is 3. The highest BCUT2D eigenvalue weighted by atomic mass is 32.2. The third kappa shape index (κ3) is 10.2. The van der Waals surface area contributed by atoms with Gasteiger partial charge in [-0.3, -0.25) is 4.55 Å². The number of allylic oxidation sites excluding steroid dienone is 8. The Kier molecular flexibility index (Phi) is 14.8. The van der Waals surface area contributed by atoms with Crippen LogP contribution in [0.5, 0.6) is 0 Å². The molecule has 0 atom stereocenters. The van der Waals surface area contributed by atoms with Crippen molar-refractivity contribution >= 4 is 60.0 Å². The number of hydrogen-bond donors (Lipinski definition) is 2. The van der Waals surface area contributed by atoms with E-state index in [9.17, 15) is 21.4 Å². The quantitative estimate of drug-likeness (QED) is 0.0261. The molecular weight excluding hydrogens is 912 g/mol. The highest BCUT2D eigenvalue weighted by Crippen LogP contribution is 2.49. The van der Waals surface area contributed by atoms with Gasteiger partial charge in [-0.25, -0.2) is 5.26 Å². The van der Waals surface area contributed by atoms with Gasteiger partial charge in [-0.15, -0.1) is 8.31 Å². The van der Waals surface area contributed by atoms with Gasteiger partial charge in [0.1, 0.15) is 0 Å². The minimum atomic E-state index is -5.99. The predicted octanol–water partition coefficient (Wildman–Crippen LogP) is 11.2. The van der Waals surface area contributed by atoms with Gasteiger partial charge in [0, 0.05) is 81.2 Å². The van der Waals surface area contributed by atoms with Crippen LogP contribution in [0, 0.1) is 0 Å². The van der Waals surface area contributed by atoms with Crippen LogP contribution >= 0.6 is 12.0 Å². The van der Waals surface area contributed by atoms with E-state index in [1.54, 1.807) is 36.4 Å². The van der Waals surface area contributed by atoms with Gasteiger partial charge >= 0.3 is 15.5 Å². The third-order valence-corrected chi connectivity index (χ3v) is 15.6. The first-order valence-electron chi connectivity index (χ1n) is 21.8. The van der Waals surface area contributed by atoms with E-state index in [1.165, 1.54) is 0 Å². The van der Waals surface area contributed by atoms with Gasteiger partial charge in [-0.05, 0) is 84.7 Å². The minimum Gasteiger partial charge on any atom is -0.344 e. The normalized spacial score (nSPS) is 20.3. The van der Waals surface area contributed by atoms with Gasteiger partial charge in [-0.1, -0.05) is 124 Å². The standard InChI is InChI=1S/C49H54F3N3O8S3/c1-47(2)40-20-7-9-22-42(40)53(30-11-13-32-64-63-62-56)44(47)28-26-36-24-25-37(27-29-45-48(3,4)41-21-8-10-23-43(41)54(45)31-12-14-33-65(57,58)59)46(36)55(66(60,61)49(50,51)52)34-38-18-15-17-35-16-5-6-19-39(35)38/h5-10,15-23,26-29H,11-14,24-25,30-34H2,1-4H3,(H-,56,57,58,59)/p+1. The fraction of sp³-hybridized carbons (Fsp3) is 0.367. The van der Waals surface area contributed by atoms with E-state index in [-0.39, 0.29) is 25.0 Å². The number of nitrogens with zero attached hydrogens (tertiary/aromatic N) is 3. The smallest absolute Gasteiger partial charge is 0.344 e. The molecule has 1 fully saturated rings. The molecule has 2 heterocycles. The summed E-state index contributed by atoms with van der Waals surface area (Å²) in [5.74, 6) is 0.164. The monoisotopic (exact) mass is 966 g/mol. The number of sulfonamides is 1. The Morgan fingerprint density at radius 3 is 1.77 bits per heavy atom. The van der Waals surface area contributed by atoms with Gasteiger partial charge in [-0.2, -0.15) is 30.0 Å². The molecule has 2 N–H and O–H groups in total. The first-order chi connectivity index (χ1) is 31.3. The second kappa shape index (κ2) is 19.8. The molecule has 4 aromatic carbocycles. The van der Waals surface area contributed by atoms with Gasteiger partial charge < -0.3 is 9.80 Å². The lowest BCUT2D eigenvalue weighted by Crippen LogP contribution is -2.38. The summed E-state index contributed by atoms with van der Waals surface area (Å²) in [6, 6.07) is 28.2. The van der Waals surface area contributed by atoms with Crippen LogP contribution in [0.2, 0.25) is 0 Å². The maximum Gasteiger partial charge on any atom is 0.560 e. The molecule has 11 nitrogen and oxygen atoms in total. The van der Waals surface area contributed by atoms with Crippen molar-refractivity contribution in [2.75, 3.05) is 34.4 Å². The van der Waals surface area contributed by atoms with Crippen LogP contribution in [0.25, 0.3) is 10.8 Å². The molecule has 0 unspecified atom stereocenters. The summed E-state index contributed by atoms with van der Waals surface area (Å²) in [7, 11) is -10.2. The molecule has 0 saturated heterocycles. The molecule has 0 radical (unpaired) electrons. The lowest BCUT2D eigenvalue weighted by atomic mass is 9.83. The van der Waals surface area contributed by atoms with E-state index in [1.807, 2.05) is 86.7 Å². The molecule has 0 bridgehead atoms. The van der Waals surface area contributed by atoms with Crippen molar-refractivity contribution in [3.63, 3.8) is 0 Å². The Bertz CT molecular complexity index is 2850. The summed E-state index contributed by atoms with van der Waals surface area (Å²) in [6.45, 7) is 8.67. The van der Waals surface area contributed by atoms with Crippen molar-refractivity contribution in [2.45, 2.75) is 89.1 Å². The summed E-state index contributed by atoms with van der Waals surface area (Å²) in [6.07, 6.45) is 9.88. The zero-order chi connectivity index (χ0) is 47.5. The average Bonchev–Trinajstić information content (AvgIpc) is 3.84. The molecule has 0 aromatic heterocycles. The van der Waals surface area contributed by atoms with Crippen molar-refractivity contribution < 1.29 is 53.2 Å². The minimum absolute atomic E-state index is 0.0371. The maximum absolute atomic E-state index is 15.1. The molecule has 2 aliphatic heterocycles. The molecular formula is C49H55F3N3O8S3+. The first kappa shape index (κ1) is 49.2. The number of hydrogen-bond acceptors (Lipinski definition) is 10. The van der Waals surface area contributed by atoms with Crippen molar-refractivity contribution in [3.8, 4) is 0 Å². The highest BCUT2D eigenvalue weighted by Gasteiger charge is 2.57. The second-order valence-electron chi connectivity index (χ2n) is 17.7. The van der Waals surface area contributed by atoms with Crippen molar-refractivity contribution in [1.82, 2.24) is 0 Å². The molecule has 4 aromatic rings. The van der Waals surface area contributed by atoms with E-state index in [4.69, 9.17) is 5.26 Å². The lowest BCUT2D eigenvalue weighted by molar-refractivity contribution is -0.432. The van der Waals surface area contributed by atoms with Crippen LogP contribution in [-0.4, -0.2) is 66.4 Å². The van der Waals surface area contributed by atoms with Crippen molar-refractivity contribution in [3.05, 3.63) is 155 Å². The maximum atomic E-state index is 15.1. The highest BCUT2D eigenvalue weighted by molar-refractivity contribution is 7.94. The van der Waals surface area contributed by atoms with Crippen LogP contribution in [0.1, 0.15) is 82.9 Å². The molecule has 3 aliphatic rings. The SMILES string of the molecule is CC1(C)C(=CC=C2CCC(=CC=C3N(CCCCS(=O)(=O)O)c4ccccc4C3(C)C)C2=[N+](Cc2cccc3ccccc23)S(=O)(=O)C(F)(F)F)N(CCCCSOOO)c2ccccc21. The number of para-hydroxylation sites is 2. The molecule has 0 spiro atoms. The predicted molar refractivity (Wildman–Crippen MR) is 255 cm³/mol. The largest absolute Gasteiger partial charge is 0.560 e. The summed E-state index contributed by atoms with van der Waals surface area (Å²) in [4.78, 5) is 4.26. The Morgan fingerprint density at radius 1 is 0.712 bits per heavy atom. The third-order valence-electron chi connectivity index (χ3n) is 12.8. The Balaban J connectivity index is 1.40. The van der Waals surface area contributed by atoms with Crippen LogP contribution in [0.15, 0.2) is 138 Å². The topological polar surface area (TPSA) is 137 Å². The van der Waals surface area contributed by atoms with E-state index in [2.05, 4.69) is 39.1 Å². The zero-order valence-electron chi connectivity index (χ0n) is 37.3. The number of halogens is 3. The fourth-order valence-corrected chi connectivity index (χ4v) is 11.6. The van der Waals surface area contributed by atoms with Gasteiger partial charge in [0.2, 0.25) is 5.71 Å². The average molecular weight is 967 g/mol.